The summed E-state index contributed by atoms with van der Waals surface area (Å²) in [5.74, 6) is 0.270. The first-order valence-corrected chi connectivity index (χ1v) is 6.11. The first-order valence-electron chi connectivity index (χ1n) is 5.74. The van der Waals surface area contributed by atoms with Crippen LogP contribution in [0.25, 0.3) is 0 Å². The minimum atomic E-state index is -0.781. The van der Waals surface area contributed by atoms with Crippen molar-refractivity contribution in [2.24, 2.45) is 0 Å². The summed E-state index contributed by atoms with van der Waals surface area (Å²) in [6, 6.07) is 7.17. The Morgan fingerprint density at radius 3 is 2.85 bits per heavy atom. The lowest BCUT2D eigenvalue weighted by molar-refractivity contribution is -0.384. The number of aromatic nitrogens is 1. The van der Waals surface area contributed by atoms with Gasteiger partial charge in [-0.05, 0) is 25.1 Å². The molecular formula is C13H11ClN2O4. The minimum absolute atomic E-state index is 0.112. The van der Waals surface area contributed by atoms with Gasteiger partial charge in [-0.1, -0.05) is 11.6 Å². The molecule has 0 spiro atoms. The largest absolute Gasteiger partial charge is 0.437 e. The van der Waals surface area contributed by atoms with Crippen LogP contribution in [0.5, 0.6) is 11.6 Å². The number of pyridine rings is 1. The van der Waals surface area contributed by atoms with E-state index in [4.69, 9.17) is 16.3 Å². The van der Waals surface area contributed by atoms with E-state index in [0.717, 1.165) is 0 Å². The summed E-state index contributed by atoms with van der Waals surface area (Å²) in [6.07, 6.45) is 0.711. The van der Waals surface area contributed by atoms with E-state index < -0.39 is 11.0 Å². The van der Waals surface area contributed by atoms with Crippen LogP contribution >= 0.6 is 11.6 Å². The molecule has 2 rings (SSSR count). The molecule has 6 nitrogen and oxygen atoms in total. The van der Waals surface area contributed by atoms with E-state index in [2.05, 4.69) is 4.98 Å². The van der Waals surface area contributed by atoms with Crippen molar-refractivity contribution in [2.75, 3.05) is 0 Å². The normalized spacial score (nSPS) is 11.9. The number of nitrogens with zero attached hydrogens (tertiary/aromatic N) is 2. The number of hydrogen-bond donors (Lipinski definition) is 1. The van der Waals surface area contributed by atoms with E-state index in [1.54, 1.807) is 19.1 Å². The third kappa shape index (κ3) is 3.04. The van der Waals surface area contributed by atoms with Crippen molar-refractivity contribution in [1.29, 1.82) is 0 Å². The molecule has 2 aromatic rings. The predicted octanol–water partition coefficient (Wildman–Crippen LogP) is 3.49. The average Bonchev–Trinajstić information content (AvgIpc) is 2.41. The molecule has 0 aliphatic heterocycles. The Balaban J connectivity index is 2.40. The van der Waals surface area contributed by atoms with Gasteiger partial charge in [-0.3, -0.25) is 10.1 Å². The number of nitro groups is 1. The highest BCUT2D eigenvalue weighted by Crippen LogP contribution is 2.34. The van der Waals surface area contributed by atoms with Gasteiger partial charge in [0.2, 0.25) is 5.88 Å². The number of hydrogen-bond acceptors (Lipinski definition) is 5. The van der Waals surface area contributed by atoms with Crippen LogP contribution in [0.15, 0.2) is 36.5 Å². The van der Waals surface area contributed by atoms with Crippen LogP contribution in [0.4, 0.5) is 5.69 Å². The molecule has 0 radical (unpaired) electrons. The van der Waals surface area contributed by atoms with Gasteiger partial charge in [0.05, 0.1) is 22.1 Å². The lowest BCUT2D eigenvalue weighted by Gasteiger charge is -2.12. The number of nitro benzene ring substituents is 1. The highest BCUT2D eigenvalue weighted by molar-refractivity contribution is 6.32. The highest BCUT2D eigenvalue weighted by Gasteiger charge is 2.15. The molecule has 0 saturated heterocycles. The second kappa shape index (κ2) is 5.85. The summed E-state index contributed by atoms with van der Waals surface area (Å²) in [6.45, 7) is 1.57. The fourth-order valence-electron chi connectivity index (χ4n) is 1.59. The van der Waals surface area contributed by atoms with Crippen LogP contribution in [-0.4, -0.2) is 15.0 Å². The minimum Gasteiger partial charge on any atom is -0.437 e. The van der Waals surface area contributed by atoms with E-state index in [0.29, 0.717) is 5.56 Å². The monoisotopic (exact) mass is 294 g/mol. The van der Waals surface area contributed by atoms with Gasteiger partial charge in [0.25, 0.3) is 5.69 Å². The molecule has 1 aromatic heterocycles. The molecule has 0 amide bonds. The highest BCUT2D eigenvalue weighted by atomic mass is 35.5. The molecule has 7 heteroatoms. The number of non-ortho nitro benzene ring substituents is 1. The zero-order chi connectivity index (χ0) is 14.7. The summed E-state index contributed by atoms with van der Waals surface area (Å²) in [4.78, 5) is 14.2. The van der Waals surface area contributed by atoms with Crippen molar-refractivity contribution in [3.8, 4) is 11.6 Å². The number of benzene rings is 1. The fourth-order valence-corrected chi connectivity index (χ4v) is 1.75. The van der Waals surface area contributed by atoms with E-state index in [-0.39, 0.29) is 22.3 Å². The summed E-state index contributed by atoms with van der Waals surface area (Å²) in [5.41, 5.74) is 0.328. The Bertz CT molecular complexity index is 646. The summed E-state index contributed by atoms with van der Waals surface area (Å²) >= 11 is 5.94. The van der Waals surface area contributed by atoms with Crippen molar-refractivity contribution in [3.63, 3.8) is 0 Å². The smallest absolute Gasteiger partial charge is 0.273 e. The maximum Gasteiger partial charge on any atom is 0.273 e. The average molecular weight is 295 g/mol. The van der Waals surface area contributed by atoms with Crippen molar-refractivity contribution in [3.05, 3.63) is 57.2 Å². The molecule has 0 aliphatic rings. The zero-order valence-electron chi connectivity index (χ0n) is 10.5. The third-order valence-electron chi connectivity index (χ3n) is 2.58. The van der Waals surface area contributed by atoms with Crippen molar-refractivity contribution in [2.45, 2.75) is 13.0 Å². The van der Waals surface area contributed by atoms with Gasteiger partial charge in [-0.15, -0.1) is 0 Å². The third-order valence-corrected chi connectivity index (χ3v) is 2.90. The second-order valence-corrected chi connectivity index (χ2v) is 4.45. The van der Waals surface area contributed by atoms with Crippen molar-refractivity contribution in [1.82, 2.24) is 4.98 Å². The second-order valence-electron chi connectivity index (χ2n) is 4.05. The Labute approximate surface area is 119 Å². The van der Waals surface area contributed by atoms with E-state index >= 15 is 0 Å². The molecule has 1 aromatic carbocycles. The first kappa shape index (κ1) is 14.2. The molecule has 20 heavy (non-hydrogen) atoms. The first-order chi connectivity index (χ1) is 9.49. The molecule has 0 saturated carbocycles. The van der Waals surface area contributed by atoms with E-state index in [1.165, 1.54) is 24.4 Å². The quantitative estimate of drug-likeness (QED) is 0.689. The SMILES string of the molecule is C[C@@H](O)c1cccnc1Oc1cc([N+](=O)[O-])ccc1Cl. The van der Waals surface area contributed by atoms with Crippen LogP contribution in [0, 0.1) is 10.1 Å². The Kier molecular flexibility index (Phi) is 4.16. The Morgan fingerprint density at radius 1 is 1.45 bits per heavy atom. The van der Waals surface area contributed by atoms with Gasteiger partial charge in [0, 0.05) is 17.8 Å². The summed E-state index contributed by atoms with van der Waals surface area (Å²) < 4.78 is 5.48. The summed E-state index contributed by atoms with van der Waals surface area (Å²) in [7, 11) is 0. The van der Waals surface area contributed by atoms with Gasteiger partial charge in [0.15, 0.2) is 5.75 Å². The Hall–Kier alpha value is -2.18. The number of ether oxygens (including phenoxy) is 1. The maximum absolute atomic E-state index is 10.7. The standard InChI is InChI=1S/C13H11ClN2O4/c1-8(17)10-3-2-6-15-13(10)20-12-7-9(16(18)19)4-5-11(12)14/h2-8,17H,1H3/t8-/m1/s1. The maximum atomic E-state index is 10.7. The fraction of sp³-hybridized carbons (Fsp3) is 0.154. The topological polar surface area (TPSA) is 85.5 Å². The lowest BCUT2D eigenvalue weighted by Crippen LogP contribution is -1.99. The number of aliphatic hydroxyl groups excluding tert-OH is 1. The van der Waals surface area contributed by atoms with Crippen LogP contribution < -0.4 is 4.74 Å². The number of rotatable bonds is 4. The Morgan fingerprint density at radius 2 is 2.20 bits per heavy atom. The molecule has 1 heterocycles. The number of aliphatic hydroxyl groups is 1. The predicted molar refractivity (Wildman–Crippen MR) is 73.1 cm³/mol. The van der Waals surface area contributed by atoms with Gasteiger partial charge in [0.1, 0.15) is 0 Å². The molecule has 0 fully saturated rings. The van der Waals surface area contributed by atoms with Crippen LogP contribution in [0.3, 0.4) is 0 Å². The van der Waals surface area contributed by atoms with Gasteiger partial charge >= 0.3 is 0 Å². The molecule has 1 N–H and O–H groups in total. The van der Waals surface area contributed by atoms with Crippen LogP contribution in [0.2, 0.25) is 5.02 Å². The molecule has 1 atom stereocenters. The van der Waals surface area contributed by atoms with Crippen LogP contribution in [-0.2, 0) is 0 Å². The summed E-state index contributed by atoms with van der Waals surface area (Å²) in [5, 5.41) is 20.6. The molecule has 0 unspecified atom stereocenters. The lowest BCUT2D eigenvalue weighted by atomic mass is 10.2. The zero-order valence-corrected chi connectivity index (χ0v) is 11.2. The molecule has 0 aliphatic carbocycles. The van der Waals surface area contributed by atoms with Gasteiger partial charge in [-0.25, -0.2) is 4.98 Å². The molecule has 104 valence electrons. The molecule has 0 bridgehead atoms. The van der Waals surface area contributed by atoms with Crippen molar-refractivity contribution >= 4 is 17.3 Å². The molecular weight excluding hydrogens is 284 g/mol. The van der Waals surface area contributed by atoms with Crippen molar-refractivity contribution < 1.29 is 14.8 Å². The number of halogens is 1. The van der Waals surface area contributed by atoms with E-state index in [1.807, 2.05) is 0 Å². The van der Waals surface area contributed by atoms with Gasteiger partial charge < -0.3 is 9.84 Å². The van der Waals surface area contributed by atoms with Crippen LogP contribution in [0.1, 0.15) is 18.6 Å². The van der Waals surface area contributed by atoms with Gasteiger partial charge in [-0.2, -0.15) is 0 Å². The van der Waals surface area contributed by atoms with E-state index in [9.17, 15) is 15.2 Å².